The van der Waals surface area contributed by atoms with Gasteiger partial charge in [0.05, 0.1) is 6.17 Å². The smallest absolute Gasteiger partial charge is 0.194 e. The standard InChI is InChI=1S/C24H18F4/c1-16(25)6-10-18-4-2-3-5-19(18)11-7-17-8-12-20(13-9-17)21-14-22(26)24(28)23(27)15-21/h2-5,8-9,12-16H,6,10H2,1H3. The largest absolute Gasteiger partial charge is 0.248 e. The number of benzene rings is 3. The zero-order chi connectivity index (χ0) is 20.1. The molecule has 0 fully saturated rings. The van der Waals surface area contributed by atoms with Gasteiger partial charge in [-0.2, -0.15) is 0 Å². The van der Waals surface area contributed by atoms with Crippen molar-refractivity contribution in [3.63, 3.8) is 0 Å². The van der Waals surface area contributed by atoms with E-state index >= 15 is 0 Å². The van der Waals surface area contributed by atoms with Gasteiger partial charge >= 0.3 is 0 Å². The highest BCUT2D eigenvalue weighted by molar-refractivity contribution is 5.64. The fourth-order valence-electron chi connectivity index (χ4n) is 2.82. The van der Waals surface area contributed by atoms with Crippen molar-refractivity contribution in [2.24, 2.45) is 0 Å². The second-order valence-corrected chi connectivity index (χ2v) is 6.56. The number of halogens is 4. The minimum atomic E-state index is -1.48. The summed E-state index contributed by atoms with van der Waals surface area (Å²) >= 11 is 0. The molecule has 3 rings (SSSR count). The van der Waals surface area contributed by atoms with Gasteiger partial charge in [-0.15, -0.1) is 0 Å². The Morgan fingerprint density at radius 2 is 1.46 bits per heavy atom. The summed E-state index contributed by atoms with van der Waals surface area (Å²) in [6, 6.07) is 16.3. The quantitative estimate of drug-likeness (QED) is 0.276. The molecule has 0 aliphatic carbocycles. The summed E-state index contributed by atoms with van der Waals surface area (Å²) in [5.41, 5.74) is 3.37. The van der Waals surface area contributed by atoms with Gasteiger partial charge in [-0.05, 0) is 66.8 Å². The summed E-state index contributed by atoms with van der Waals surface area (Å²) in [5.74, 6) is 2.22. The average molecular weight is 382 g/mol. The molecule has 3 aromatic rings. The van der Waals surface area contributed by atoms with Crippen LogP contribution in [0.2, 0.25) is 0 Å². The Morgan fingerprint density at radius 3 is 2.11 bits per heavy atom. The van der Waals surface area contributed by atoms with Crippen LogP contribution in [0, 0.1) is 29.3 Å². The molecule has 1 atom stereocenters. The Kier molecular flexibility index (Phi) is 6.16. The Bertz CT molecular complexity index is 1000. The molecule has 1 unspecified atom stereocenters. The normalized spacial score (nSPS) is 11.6. The first-order chi connectivity index (χ1) is 13.4. The van der Waals surface area contributed by atoms with Crippen LogP contribution >= 0.6 is 0 Å². The number of hydrogen-bond acceptors (Lipinski definition) is 0. The molecule has 0 spiro atoms. The van der Waals surface area contributed by atoms with Crippen LogP contribution in [0.25, 0.3) is 11.1 Å². The molecular formula is C24H18F4. The minimum Gasteiger partial charge on any atom is -0.248 e. The van der Waals surface area contributed by atoms with Crippen LogP contribution in [0.1, 0.15) is 30.0 Å². The van der Waals surface area contributed by atoms with Gasteiger partial charge in [-0.25, -0.2) is 17.6 Å². The molecule has 0 bridgehead atoms. The second-order valence-electron chi connectivity index (χ2n) is 6.56. The van der Waals surface area contributed by atoms with Gasteiger partial charge in [0.25, 0.3) is 0 Å². The number of rotatable bonds is 4. The summed E-state index contributed by atoms with van der Waals surface area (Å²) in [5, 5.41) is 0. The fourth-order valence-corrected chi connectivity index (χ4v) is 2.82. The molecule has 0 radical (unpaired) electrons. The first-order valence-corrected chi connectivity index (χ1v) is 8.93. The lowest BCUT2D eigenvalue weighted by Crippen LogP contribution is -1.97. The zero-order valence-corrected chi connectivity index (χ0v) is 15.3. The van der Waals surface area contributed by atoms with Crippen molar-refractivity contribution in [2.45, 2.75) is 25.9 Å². The maximum Gasteiger partial charge on any atom is 0.194 e. The van der Waals surface area contributed by atoms with Gasteiger partial charge in [0.1, 0.15) is 0 Å². The molecule has 0 heterocycles. The SMILES string of the molecule is CC(F)CCc1ccccc1C#Cc1ccc(-c2cc(F)c(F)c(F)c2)cc1. The van der Waals surface area contributed by atoms with E-state index in [0.717, 1.165) is 28.8 Å². The third kappa shape index (κ3) is 4.80. The van der Waals surface area contributed by atoms with Crippen molar-refractivity contribution in [1.29, 1.82) is 0 Å². The Morgan fingerprint density at radius 1 is 0.821 bits per heavy atom. The third-order valence-electron chi connectivity index (χ3n) is 4.37. The summed E-state index contributed by atoms with van der Waals surface area (Å²) in [7, 11) is 0. The molecule has 0 aromatic heterocycles. The summed E-state index contributed by atoms with van der Waals surface area (Å²) in [4.78, 5) is 0. The zero-order valence-electron chi connectivity index (χ0n) is 15.3. The van der Waals surface area contributed by atoms with Crippen molar-refractivity contribution in [3.05, 3.63) is 94.8 Å². The molecule has 0 saturated carbocycles. The summed E-state index contributed by atoms with van der Waals surface area (Å²) < 4.78 is 53.0. The molecule has 142 valence electrons. The molecule has 0 N–H and O–H groups in total. The third-order valence-corrected chi connectivity index (χ3v) is 4.37. The minimum absolute atomic E-state index is 0.251. The van der Waals surface area contributed by atoms with Gasteiger partial charge in [0.15, 0.2) is 17.5 Å². The lowest BCUT2D eigenvalue weighted by Gasteiger charge is -2.05. The van der Waals surface area contributed by atoms with Crippen LogP contribution in [0.4, 0.5) is 17.6 Å². The highest BCUT2D eigenvalue weighted by Crippen LogP contribution is 2.24. The highest BCUT2D eigenvalue weighted by Gasteiger charge is 2.11. The fraction of sp³-hybridized carbons (Fsp3) is 0.167. The van der Waals surface area contributed by atoms with Gasteiger partial charge < -0.3 is 0 Å². The van der Waals surface area contributed by atoms with Crippen LogP contribution in [-0.4, -0.2) is 6.17 Å². The van der Waals surface area contributed by atoms with Crippen molar-refractivity contribution in [3.8, 4) is 23.0 Å². The van der Waals surface area contributed by atoms with Gasteiger partial charge in [-0.1, -0.05) is 42.2 Å². The van der Waals surface area contributed by atoms with E-state index in [1.54, 1.807) is 24.3 Å². The van der Waals surface area contributed by atoms with Gasteiger partial charge in [0, 0.05) is 11.1 Å². The molecule has 0 nitrogen and oxygen atoms in total. The van der Waals surface area contributed by atoms with Crippen LogP contribution in [0.5, 0.6) is 0 Å². The maximum atomic E-state index is 13.4. The van der Waals surface area contributed by atoms with Crippen LogP contribution in [0.3, 0.4) is 0 Å². The van der Waals surface area contributed by atoms with E-state index < -0.39 is 23.6 Å². The molecule has 4 heteroatoms. The van der Waals surface area contributed by atoms with Crippen LogP contribution < -0.4 is 0 Å². The topological polar surface area (TPSA) is 0 Å². The lowest BCUT2D eigenvalue weighted by atomic mass is 10.0. The summed E-state index contributed by atoms with van der Waals surface area (Å²) in [6.45, 7) is 1.54. The van der Waals surface area contributed by atoms with Crippen molar-refractivity contribution < 1.29 is 17.6 Å². The number of alkyl halides is 1. The average Bonchev–Trinajstić information content (AvgIpc) is 2.69. The van der Waals surface area contributed by atoms with E-state index in [4.69, 9.17) is 0 Å². The molecule has 0 aliphatic rings. The molecule has 0 amide bonds. The molecule has 0 saturated heterocycles. The van der Waals surface area contributed by atoms with E-state index in [1.165, 1.54) is 6.92 Å². The molecule has 28 heavy (non-hydrogen) atoms. The van der Waals surface area contributed by atoms with Crippen LogP contribution in [0.15, 0.2) is 60.7 Å². The monoisotopic (exact) mass is 382 g/mol. The Hall–Kier alpha value is -3.06. The lowest BCUT2D eigenvalue weighted by molar-refractivity contribution is 0.341. The summed E-state index contributed by atoms with van der Waals surface area (Å²) in [6.07, 6.45) is 0.191. The Labute approximate surface area is 161 Å². The van der Waals surface area contributed by atoms with Crippen LogP contribution in [-0.2, 0) is 6.42 Å². The predicted octanol–water partition coefficient (Wildman–Crippen LogP) is 6.46. The molecular weight excluding hydrogens is 364 g/mol. The van der Waals surface area contributed by atoms with E-state index in [-0.39, 0.29) is 5.56 Å². The second kappa shape index (κ2) is 8.75. The molecule has 3 aromatic carbocycles. The van der Waals surface area contributed by atoms with Crippen molar-refractivity contribution in [2.75, 3.05) is 0 Å². The van der Waals surface area contributed by atoms with Crippen molar-refractivity contribution >= 4 is 0 Å². The first-order valence-electron chi connectivity index (χ1n) is 8.93. The van der Waals surface area contributed by atoms with E-state index in [9.17, 15) is 17.6 Å². The molecule has 0 aliphatic heterocycles. The van der Waals surface area contributed by atoms with E-state index in [2.05, 4.69) is 11.8 Å². The van der Waals surface area contributed by atoms with Gasteiger partial charge in [0.2, 0.25) is 0 Å². The highest BCUT2D eigenvalue weighted by atomic mass is 19.2. The van der Waals surface area contributed by atoms with Gasteiger partial charge in [-0.3, -0.25) is 0 Å². The van der Waals surface area contributed by atoms with E-state index in [0.29, 0.717) is 18.4 Å². The first kappa shape index (κ1) is 19.7. The van der Waals surface area contributed by atoms with E-state index in [1.807, 2.05) is 24.3 Å². The number of hydrogen-bond donors (Lipinski definition) is 0. The predicted molar refractivity (Wildman–Crippen MR) is 103 cm³/mol. The van der Waals surface area contributed by atoms with Crippen molar-refractivity contribution in [1.82, 2.24) is 0 Å². The maximum absolute atomic E-state index is 13.4. The Balaban J connectivity index is 1.81. The number of aryl methyl sites for hydroxylation is 1.